The molecule has 0 fully saturated rings. The Labute approximate surface area is 147 Å². The Morgan fingerprint density at radius 2 is 1.56 bits per heavy atom. The van der Waals surface area contributed by atoms with E-state index in [9.17, 15) is 0 Å². The molecule has 4 nitrogen and oxygen atoms in total. The van der Waals surface area contributed by atoms with E-state index < -0.39 is 0 Å². The highest BCUT2D eigenvalue weighted by Gasteiger charge is 2.17. The molecule has 0 aliphatic rings. The first kappa shape index (κ1) is 15.4. The molecular weight excluding hydrogens is 308 g/mol. The number of nitrogens with zero attached hydrogens (tertiary/aromatic N) is 3. The van der Waals surface area contributed by atoms with Crippen molar-refractivity contribution in [2.75, 3.05) is 5.32 Å². The summed E-state index contributed by atoms with van der Waals surface area (Å²) >= 11 is 0. The first-order valence-corrected chi connectivity index (χ1v) is 8.41. The second-order valence-electron chi connectivity index (χ2n) is 6.14. The number of fused-ring (bicyclic) bond motifs is 1. The van der Waals surface area contributed by atoms with Crippen LogP contribution in [-0.4, -0.2) is 14.5 Å². The molecule has 0 atom stereocenters. The van der Waals surface area contributed by atoms with Crippen LogP contribution in [0.4, 0.5) is 5.82 Å². The van der Waals surface area contributed by atoms with Gasteiger partial charge in [-0.2, -0.15) is 0 Å². The van der Waals surface area contributed by atoms with Gasteiger partial charge in [-0.15, -0.1) is 0 Å². The Hall–Kier alpha value is -3.14. The summed E-state index contributed by atoms with van der Waals surface area (Å²) in [5, 5.41) is 4.56. The number of rotatable bonds is 4. The van der Waals surface area contributed by atoms with Gasteiger partial charge in [-0.3, -0.25) is 4.57 Å². The highest BCUT2D eigenvalue weighted by molar-refractivity contribution is 5.93. The van der Waals surface area contributed by atoms with Crippen LogP contribution in [0, 0.1) is 13.8 Å². The second-order valence-corrected chi connectivity index (χ2v) is 6.14. The quantitative estimate of drug-likeness (QED) is 0.593. The summed E-state index contributed by atoms with van der Waals surface area (Å²) in [7, 11) is 0. The predicted octanol–water partition coefficient (Wildman–Crippen LogP) is 4.65. The van der Waals surface area contributed by atoms with Crippen LogP contribution in [0.3, 0.4) is 0 Å². The highest BCUT2D eigenvalue weighted by atomic mass is 15.1. The number of nitrogens with one attached hydrogen (secondary N) is 1. The Morgan fingerprint density at radius 3 is 2.28 bits per heavy atom. The third kappa shape index (κ3) is 2.76. The molecule has 0 aliphatic heterocycles. The van der Waals surface area contributed by atoms with Gasteiger partial charge >= 0.3 is 0 Å². The SMILES string of the molecule is Cc1c(C)n(-c2ccccc2)c2ncnc(NCc3ccccc3)c12. The zero-order valence-electron chi connectivity index (χ0n) is 14.4. The maximum atomic E-state index is 4.57. The van der Waals surface area contributed by atoms with Crippen molar-refractivity contribution in [1.82, 2.24) is 14.5 Å². The van der Waals surface area contributed by atoms with Gasteiger partial charge in [0.1, 0.15) is 12.1 Å². The molecule has 2 aromatic carbocycles. The molecule has 0 radical (unpaired) electrons. The second kappa shape index (κ2) is 6.40. The van der Waals surface area contributed by atoms with Crippen LogP contribution < -0.4 is 5.32 Å². The average Bonchev–Trinajstić information content (AvgIpc) is 2.93. The lowest BCUT2D eigenvalue weighted by Gasteiger charge is -2.09. The molecule has 4 heteroatoms. The topological polar surface area (TPSA) is 42.7 Å². The molecule has 25 heavy (non-hydrogen) atoms. The van der Waals surface area contributed by atoms with Gasteiger partial charge < -0.3 is 5.32 Å². The molecular formula is C21H20N4. The number of anilines is 1. The number of aryl methyl sites for hydroxylation is 1. The van der Waals surface area contributed by atoms with Crippen LogP contribution in [-0.2, 0) is 6.54 Å². The van der Waals surface area contributed by atoms with Gasteiger partial charge in [0.05, 0.1) is 5.39 Å². The normalized spacial score (nSPS) is 11.0. The van der Waals surface area contributed by atoms with Crippen molar-refractivity contribution in [3.63, 3.8) is 0 Å². The summed E-state index contributed by atoms with van der Waals surface area (Å²) < 4.78 is 2.19. The number of aromatic nitrogens is 3. The Morgan fingerprint density at radius 1 is 0.880 bits per heavy atom. The monoisotopic (exact) mass is 328 g/mol. The van der Waals surface area contributed by atoms with Gasteiger partial charge in [0.2, 0.25) is 0 Å². The molecule has 4 aromatic rings. The van der Waals surface area contributed by atoms with Crippen molar-refractivity contribution in [1.29, 1.82) is 0 Å². The average molecular weight is 328 g/mol. The third-order valence-electron chi connectivity index (χ3n) is 4.61. The molecule has 0 amide bonds. The van der Waals surface area contributed by atoms with Crippen LogP contribution in [0.15, 0.2) is 67.0 Å². The van der Waals surface area contributed by atoms with E-state index in [1.807, 2.05) is 36.4 Å². The fourth-order valence-corrected chi connectivity index (χ4v) is 3.21. The lowest BCUT2D eigenvalue weighted by atomic mass is 10.2. The first-order chi connectivity index (χ1) is 12.3. The largest absolute Gasteiger partial charge is 0.365 e. The van der Waals surface area contributed by atoms with E-state index in [-0.39, 0.29) is 0 Å². The number of hydrogen-bond donors (Lipinski definition) is 1. The Bertz CT molecular complexity index is 1000. The molecule has 0 unspecified atom stereocenters. The molecule has 0 saturated heterocycles. The summed E-state index contributed by atoms with van der Waals surface area (Å²) in [5.74, 6) is 0.879. The molecule has 2 heterocycles. The van der Waals surface area contributed by atoms with E-state index in [0.29, 0.717) is 0 Å². The van der Waals surface area contributed by atoms with Crippen molar-refractivity contribution >= 4 is 16.9 Å². The minimum absolute atomic E-state index is 0.738. The number of hydrogen-bond acceptors (Lipinski definition) is 3. The minimum Gasteiger partial charge on any atom is -0.365 e. The molecule has 1 N–H and O–H groups in total. The van der Waals surface area contributed by atoms with E-state index in [1.54, 1.807) is 6.33 Å². The predicted molar refractivity (Wildman–Crippen MR) is 102 cm³/mol. The van der Waals surface area contributed by atoms with Crippen LogP contribution >= 0.6 is 0 Å². The third-order valence-corrected chi connectivity index (χ3v) is 4.61. The van der Waals surface area contributed by atoms with Crippen LogP contribution in [0.2, 0.25) is 0 Å². The molecule has 0 saturated carbocycles. The highest BCUT2D eigenvalue weighted by Crippen LogP contribution is 2.31. The lowest BCUT2D eigenvalue weighted by Crippen LogP contribution is -2.03. The van der Waals surface area contributed by atoms with Gasteiger partial charge in [0.15, 0.2) is 5.65 Å². The van der Waals surface area contributed by atoms with Crippen molar-refractivity contribution < 1.29 is 0 Å². The molecule has 4 rings (SSSR count). The fraction of sp³-hybridized carbons (Fsp3) is 0.143. The van der Waals surface area contributed by atoms with Crippen LogP contribution in [0.5, 0.6) is 0 Å². The van der Waals surface area contributed by atoms with Crippen molar-refractivity contribution in [3.05, 3.63) is 83.8 Å². The van der Waals surface area contributed by atoms with E-state index in [2.05, 4.69) is 58.0 Å². The minimum atomic E-state index is 0.738. The van der Waals surface area contributed by atoms with Crippen LogP contribution in [0.25, 0.3) is 16.7 Å². The first-order valence-electron chi connectivity index (χ1n) is 8.41. The summed E-state index contributed by atoms with van der Waals surface area (Å²) in [6, 6.07) is 20.7. The lowest BCUT2D eigenvalue weighted by molar-refractivity contribution is 1.01. The summed E-state index contributed by atoms with van der Waals surface area (Å²) in [4.78, 5) is 9.06. The number of benzene rings is 2. The van der Waals surface area contributed by atoms with Crippen LogP contribution in [0.1, 0.15) is 16.8 Å². The summed E-state index contributed by atoms with van der Waals surface area (Å²) in [5.41, 5.74) is 5.67. The van der Waals surface area contributed by atoms with Gasteiger partial charge in [-0.05, 0) is 37.1 Å². The maximum Gasteiger partial charge on any atom is 0.150 e. The Kier molecular flexibility index (Phi) is 3.94. The van der Waals surface area contributed by atoms with E-state index in [4.69, 9.17) is 0 Å². The molecule has 0 aliphatic carbocycles. The summed E-state index contributed by atoms with van der Waals surface area (Å²) in [6.45, 7) is 5.00. The van der Waals surface area contributed by atoms with Crippen molar-refractivity contribution in [2.24, 2.45) is 0 Å². The van der Waals surface area contributed by atoms with Crippen molar-refractivity contribution in [2.45, 2.75) is 20.4 Å². The van der Waals surface area contributed by atoms with Crippen molar-refractivity contribution in [3.8, 4) is 5.69 Å². The smallest absolute Gasteiger partial charge is 0.150 e. The summed E-state index contributed by atoms with van der Waals surface area (Å²) in [6.07, 6.45) is 1.63. The molecule has 0 spiro atoms. The molecule has 0 bridgehead atoms. The van der Waals surface area contributed by atoms with E-state index in [1.165, 1.54) is 16.8 Å². The standard InChI is InChI=1S/C21H20N4/c1-15-16(2)25(18-11-7-4-8-12-18)21-19(15)20(23-14-24-21)22-13-17-9-5-3-6-10-17/h3-12,14H,13H2,1-2H3,(H,22,23,24). The van der Waals surface area contributed by atoms with Gasteiger partial charge in [-0.1, -0.05) is 48.5 Å². The number of para-hydroxylation sites is 1. The zero-order chi connectivity index (χ0) is 17.2. The van der Waals surface area contributed by atoms with Gasteiger partial charge in [-0.25, -0.2) is 9.97 Å². The maximum absolute atomic E-state index is 4.57. The van der Waals surface area contributed by atoms with Gasteiger partial charge in [0, 0.05) is 17.9 Å². The molecule has 124 valence electrons. The van der Waals surface area contributed by atoms with E-state index in [0.717, 1.165) is 29.1 Å². The fourth-order valence-electron chi connectivity index (χ4n) is 3.21. The van der Waals surface area contributed by atoms with E-state index >= 15 is 0 Å². The molecule has 2 aromatic heterocycles. The Balaban J connectivity index is 1.80. The zero-order valence-corrected chi connectivity index (χ0v) is 14.4. The van der Waals surface area contributed by atoms with Gasteiger partial charge in [0.25, 0.3) is 0 Å².